The van der Waals surface area contributed by atoms with Gasteiger partial charge < -0.3 is 10.4 Å². The Balaban J connectivity index is 1.64. The van der Waals surface area contributed by atoms with Crippen molar-refractivity contribution in [2.45, 2.75) is 38.9 Å². The summed E-state index contributed by atoms with van der Waals surface area (Å²) in [6.45, 7) is 4.42. The molecule has 1 saturated heterocycles. The summed E-state index contributed by atoms with van der Waals surface area (Å²) in [6.07, 6.45) is 3.78. The monoisotopic (exact) mass is 339 g/mol. The molecule has 1 fully saturated rings. The molecule has 5 heteroatoms. The van der Waals surface area contributed by atoms with Crippen molar-refractivity contribution < 1.29 is 9.90 Å². The molecule has 1 unspecified atom stereocenters. The van der Waals surface area contributed by atoms with Crippen molar-refractivity contribution in [3.8, 4) is 0 Å². The van der Waals surface area contributed by atoms with Gasteiger partial charge in [-0.1, -0.05) is 24.3 Å². The molecule has 3 rings (SSSR count). The van der Waals surface area contributed by atoms with E-state index in [0.717, 1.165) is 37.2 Å². The number of nitrogens with zero attached hydrogens (tertiary/aromatic N) is 2. The normalized spacial score (nSPS) is 17.6. The van der Waals surface area contributed by atoms with Crippen molar-refractivity contribution in [2.24, 2.45) is 0 Å². The molecule has 1 aromatic heterocycles. The van der Waals surface area contributed by atoms with Crippen LogP contribution >= 0.6 is 0 Å². The maximum absolute atomic E-state index is 12.3. The van der Waals surface area contributed by atoms with Crippen LogP contribution in [0.4, 0.5) is 0 Å². The van der Waals surface area contributed by atoms with E-state index in [1.165, 1.54) is 5.56 Å². The highest BCUT2D eigenvalue weighted by Crippen LogP contribution is 2.21. The molecule has 2 N–H and O–H groups in total. The molecular weight excluding hydrogens is 314 g/mol. The molecule has 1 aliphatic heterocycles. The molecule has 1 atom stereocenters. The van der Waals surface area contributed by atoms with Crippen LogP contribution in [-0.4, -0.2) is 40.1 Å². The lowest BCUT2D eigenvalue weighted by Gasteiger charge is -2.24. The maximum Gasteiger partial charge on any atom is 0.253 e. The van der Waals surface area contributed by atoms with Crippen LogP contribution in [0.25, 0.3) is 0 Å². The van der Waals surface area contributed by atoms with Gasteiger partial charge >= 0.3 is 0 Å². The molecule has 0 spiro atoms. The lowest BCUT2D eigenvalue weighted by molar-refractivity contribution is 0.0950. The minimum Gasteiger partial charge on any atom is -0.395 e. The van der Waals surface area contributed by atoms with E-state index in [9.17, 15) is 9.90 Å². The van der Waals surface area contributed by atoms with Crippen LogP contribution < -0.4 is 5.32 Å². The largest absolute Gasteiger partial charge is 0.395 e. The molecule has 25 heavy (non-hydrogen) atoms. The fourth-order valence-electron chi connectivity index (χ4n) is 3.29. The smallest absolute Gasteiger partial charge is 0.253 e. The third-order valence-corrected chi connectivity index (χ3v) is 4.81. The molecule has 2 aromatic rings. The number of hydrogen-bond donors (Lipinski definition) is 2. The SMILES string of the molecule is Cc1ccc(C(=O)NCc2ccccc2CN2CCCC2CO)cn1. The Labute approximate surface area is 148 Å². The van der Waals surface area contributed by atoms with E-state index in [1.807, 2.05) is 31.2 Å². The van der Waals surface area contributed by atoms with Gasteiger partial charge in [0.05, 0.1) is 12.2 Å². The first-order valence-electron chi connectivity index (χ1n) is 8.80. The van der Waals surface area contributed by atoms with Crippen LogP contribution in [0.5, 0.6) is 0 Å². The number of aliphatic hydroxyl groups is 1. The second kappa shape index (κ2) is 8.23. The number of aromatic nitrogens is 1. The number of carbonyl (C=O) groups is 1. The fraction of sp³-hybridized carbons (Fsp3) is 0.400. The number of carbonyl (C=O) groups excluding carboxylic acids is 1. The molecule has 0 radical (unpaired) electrons. The second-order valence-electron chi connectivity index (χ2n) is 6.59. The van der Waals surface area contributed by atoms with Crippen molar-refractivity contribution in [2.75, 3.05) is 13.2 Å². The number of amides is 1. The minimum absolute atomic E-state index is 0.114. The Bertz CT molecular complexity index is 715. The van der Waals surface area contributed by atoms with Gasteiger partial charge in [-0.3, -0.25) is 14.7 Å². The molecule has 2 heterocycles. The highest BCUT2D eigenvalue weighted by atomic mass is 16.3. The van der Waals surface area contributed by atoms with Gasteiger partial charge in [0.25, 0.3) is 5.91 Å². The Morgan fingerprint density at radius 2 is 2.08 bits per heavy atom. The molecule has 1 aromatic carbocycles. The van der Waals surface area contributed by atoms with Crippen LogP contribution in [0.15, 0.2) is 42.6 Å². The van der Waals surface area contributed by atoms with E-state index < -0.39 is 0 Å². The zero-order chi connectivity index (χ0) is 17.6. The Hall–Kier alpha value is -2.24. The Kier molecular flexibility index (Phi) is 5.79. The van der Waals surface area contributed by atoms with Crippen LogP contribution in [-0.2, 0) is 13.1 Å². The van der Waals surface area contributed by atoms with Crippen molar-refractivity contribution in [1.82, 2.24) is 15.2 Å². The number of benzene rings is 1. The van der Waals surface area contributed by atoms with E-state index in [-0.39, 0.29) is 18.6 Å². The first kappa shape index (κ1) is 17.6. The van der Waals surface area contributed by atoms with E-state index in [4.69, 9.17) is 0 Å². The summed E-state index contributed by atoms with van der Waals surface area (Å²) >= 11 is 0. The van der Waals surface area contributed by atoms with Crippen molar-refractivity contribution >= 4 is 5.91 Å². The quantitative estimate of drug-likeness (QED) is 0.847. The number of hydrogen-bond acceptors (Lipinski definition) is 4. The van der Waals surface area contributed by atoms with Crippen LogP contribution in [0.1, 0.15) is 40.0 Å². The third kappa shape index (κ3) is 4.44. The molecule has 1 aliphatic rings. The predicted octanol–water partition coefficient (Wildman–Crippen LogP) is 2.28. The van der Waals surface area contributed by atoms with Crippen molar-refractivity contribution in [3.63, 3.8) is 0 Å². The van der Waals surface area contributed by atoms with Crippen molar-refractivity contribution in [3.05, 3.63) is 65.0 Å². The first-order valence-corrected chi connectivity index (χ1v) is 8.80. The van der Waals surface area contributed by atoms with Gasteiger partial charge in [0.2, 0.25) is 0 Å². The summed E-state index contributed by atoms with van der Waals surface area (Å²) in [5.41, 5.74) is 3.78. The number of nitrogens with one attached hydrogen (secondary N) is 1. The number of aliphatic hydroxyl groups excluding tert-OH is 1. The van der Waals surface area contributed by atoms with Gasteiger partial charge in [-0.05, 0) is 49.6 Å². The summed E-state index contributed by atoms with van der Waals surface area (Å²) in [4.78, 5) is 18.8. The number of likely N-dealkylation sites (tertiary alicyclic amines) is 1. The summed E-state index contributed by atoms with van der Waals surface area (Å²) < 4.78 is 0. The zero-order valence-electron chi connectivity index (χ0n) is 14.6. The molecule has 0 saturated carbocycles. The third-order valence-electron chi connectivity index (χ3n) is 4.81. The van der Waals surface area contributed by atoms with Crippen LogP contribution in [0.2, 0.25) is 0 Å². The highest BCUT2D eigenvalue weighted by Gasteiger charge is 2.24. The second-order valence-corrected chi connectivity index (χ2v) is 6.59. The number of rotatable bonds is 6. The van der Waals surface area contributed by atoms with E-state index in [1.54, 1.807) is 12.3 Å². The average Bonchev–Trinajstić information content (AvgIpc) is 3.08. The van der Waals surface area contributed by atoms with Gasteiger partial charge in [-0.2, -0.15) is 0 Å². The molecule has 1 amide bonds. The molecule has 0 bridgehead atoms. The molecule has 0 aliphatic carbocycles. The lowest BCUT2D eigenvalue weighted by atomic mass is 10.1. The van der Waals surface area contributed by atoms with E-state index in [0.29, 0.717) is 12.1 Å². The van der Waals surface area contributed by atoms with Gasteiger partial charge in [-0.15, -0.1) is 0 Å². The average molecular weight is 339 g/mol. The zero-order valence-corrected chi connectivity index (χ0v) is 14.6. The summed E-state index contributed by atoms with van der Waals surface area (Å²) in [6, 6.07) is 12.0. The number of pyridine rings is 1. The minimum atomic E-state index is -0.114. The van der Waals surface area contributed by atoms with E-state index in [2.05, 4.69) is 21.3 Å². The summed E-state index contributed by atoms with van der Waals surface area (Å²) in [5, 5.41) is 12.5. The van der Waals surface area contributed by atoms with Gasteiger partial charge in [0.15, 0.2) is 0 Å². The van der Waals surface area contributed by atoms with Crippen LogP contribution in [0.3, 0.4) is 0 Å². The highest BCUT2D eigenvalue weighted by molar-refractivity contribution is 5.93. The van der Waals surface area contributed by atoms with Gasteiger partial charge in [0, 0.05) is 31.0 Å². The lowest BCUT2D eigenvalue weighted by Crippen LogP contribution is -2.32. The predicted molar refractivity (Wildman–Crippen MR) is 97.1 cm³/mol. The molecule has 5 nitrogen and oxygen atoms in total. The standard InChI is InChI=1S/C20H25N3O2/c1-15-8-9-17(12-21-15)20(25)22-11-16-5-2-3-6-18(16)13-23-10-4-7-19(23)14-24/h2-3,5-6,8-9,12,19,24H,4,7,10-11,13-14H2,1H3,(H,22,25). The van der Waals surface area contributed by atoms with Crippen molar-refractivity contribution in [1.29, 1.82) is 0 Å². The summed E-state index contributed by atoms with van der Waals surface area (Å²) in [7, 11) is 0. The topological polar surface area (TPSA) is 65.5 Å². The number of aryl methyl sites for hydroxylation is 1. The fourth-order valence-corrected chi connectivity index (χ4v) is 3.29. The summed E-state index contributed by atoms with van der Waals surface area (Å²) in [5.74, 6) is -0.114. The van der Waals surface area contributed by atoms with Gasteiger partial charge in [0.1, 0.15) is 0 Å². The van der Waals surface area contributed by atoms with E-state index >= 15 is 0 Å². The first-order chi connectivity index (χ1) is 12.2. The van der Waals surface area contributed by atoms with Gasteiger partial charge in [-0.25, -0.2) is 0 Å². The Morgan fingerprint density at radius 1 is 1.28 bits per heavy atom. The Morgan fingerprint density at radius 3 is 2.80 bits per heavy atom. The molecular formula is C20H25N3O2. The van der Waals surface area contributed by atoms with Crippen LogP contribution in [0, 0.1) is 6.92 Å². The maximum atomic E-state index is 12.3. The molecule has 132 valence electrons.